The quantitative estimate of drug-likeness (QED) is 0.841. The van der Waals surface area contributed by atoms with E-state index in [0.29, 0.717) is 6.54 Å². The largest absolute Gasteiger partial charge is 0.373 e. The van der Waals surface area contributed by atoms with E-state index >= 15 is 0 Å². The average molecular weight is 247 g/mol. The van der Waals surface area contributed by atoms with Crippen molar-refractivity contribution in [3.63, 3.8) is 0 Å². The van der Waals surface area contributed by atoms with Gasteiger partial charge in [0.2, 0.25) is 0 Å². The smallest absolute Gasteiger partial charge is 0.156 e. The summed E-state index contributed by atoms with van der Waals surface area (Å²) in [5.41, 5.74) is 1.94. The van der Waals surface area contributed by atoms with Crippen molar-refractivity contribution in [1.29, 1.82) is 0 Å². The first kappa shape index (κ1) is 12.3. The Morgan fingerprint density at radius 1 is 1.28 bits per heavy atom. The molecule has 96 valence electrons. The zero-order chi connectivity index (χ0) is 13.0. The Morgan fingerprint density at radius 3 is 2.67 bits per heavy atom. The van der Waals surface area contributed by atoms with Crippen LogP contribution in [-0.4, -0.2) is 22.2 Å². The normalized spacial score (nSPS) is 10.4. The molecular formula is C12H17N5O. The zero-order valence-corrected chi connectivity index (χ0v) is 10.8. The molecule has 0 unspecified atom stereocenters. The third-order valence-corrected chi connectivity index (χ3v) is 2.64. The monoisotopic (exact) mass is 247 g/mol. The minimum Gasteiger partial charge on any atom is -0.373 e. The van der Waals surface area contributed by atoms with Crippen molar-refractivity contribution >= 4 is 11.6 Å². The van der Waals surface area contributed by atoms with Gasteiger partial charge < -0.3 is 15.2 Å². The maximum atomic E-state index is 5.14. The highest BCUT2D eigenvalue weighted by atomic mass is 16.5. The highest BCUT2D eigenvalue weighted by molar-refractivity contribution is 5.57. The second-order valence-corrected chi connectivity index (χ2v) is 3.94. The molecule has 0 saturated carbocycles. The minimum absolute atomic E-state index is 0.563. The van der Waals surface area contributed by atoms with Crippen LogP contribution in [0, 0.1) is 6.92 Å². The summed E-state index contributed by atoms with van der Waals surface area (Å²) < 4.78 is 5.14. The molecular weight excluding hydrogens is 230 g/mol. The van der Waals surface area contributed by atoms with Crippen LogP contribution in [0.2, 0.25) is 0 Å². The number of anilines is 2. The van der Waals surface area contributed by atoms with Crippen LogP contribution in [0.25, 0.3) is 0 Å². The van der Waals surface area contributed by atoms with Gasteiger partial charge in [-0.05, 0) is 13.3 Å². The Morgan fingerprint density at radius 2 is 2.06 bits per heavy atom. The summed E-state index contributed by atoms with van der Waals surface area (Å²) in [7, 11) is 1.85. The molecule has 2 heterocycles. The summed E-state index contributed by atoms with van der Waals surface area (Å²) in [6, 6.07) is 1.90. The highest BCUT2D eigenvalue weighted by Crippen LogP contribution is 2.20. The SMILES string of the molecule is CCc1c(NC)ncnc1NCc1cc(C)no1. The summed E-state index contributed by atoms with van der Waals surface area (Å²) in [5, 5.41) is 10.2. The summed E-state index contributed by atoms with van der Waals surface area (Å²) in [5.74, 6) is 2.47. The lowest BCUT2D eigenvalue weighted by atomic mass is 10.2. The lowest BCUT2D eigenvalue weighted by Crippen LogP contribution is -2.07. The molecule has 0 fully saturated rings. The lowest BCUT2D eigenvalue weighted by molar-refractivity contribution is 0.384. The maximum absolute atomic E-state index is 5.14. The fourth-order valence-corrected chi connectivity index (χ4v) is 1.79. The molecule has 0 radical (unpaired) electrons. The Kier molecular flexibility index (Phi) is 3.76. The van der Waals surface area contributed by atoms with Crippen molar-refractivity contribution < 1.29 is 4.52 Å². The van der Waals surface area contributed by atoms with Gasteiger partial charge in [0.25, 0.3) is 0 Å². The third-order valence-electron chi connectivity index (χ3n) is 2.64. The molecule has 0 aliphatic rings. The van der Waals surface area contributed by atoms with Gasteiger partial charge in [0, 0.05) is 18.7 Å². The number of rotatable bonds is 5. The molecule has 0 amide bonds. The van der Waals surface area contributed by atoms with Crippen molar-refractivity contribution in [3.05, 3.63) is 29.4 Å². The second kappa shape index (κ2) is 5.48. The van der Waals surface area contributed by atoms with Crippen LogP contribution in [0.5, 0.6) is 0 Å². The van der Waals surface area contributed by atoms with E-state index < -0.39 is 0 Å². The highest BCUT2D eigenvalue weighted by Gasteiger charge is 2.09. The van der Waals surface area contributed by atoms with Gasteiger partial charge in [-0.15, -0.1) is 0 Å². The van der Waals surface area contributed by atoms with Crippen molar-refractivity contribution in [2.75, 3.05) is 17.7 Å². The third kappa shape index (κ3) is 2.58. The van der Waals surface area contributed by atoms with E-state index in [1.807, 2.05) is 20.0 Å². The number of hydrogen-bond acceptors (Lipinski definition) is 6. The number of hydrogen-bond donors (Lipinski definition) is 2. The van der Waals surface area contributed by atoms with E-state index in [4.69, 9.17) is 4.52 Å². The van der Waals surface area contributed by atoms with Gasteiger partial charge in [0.05, 0.1) is 12.2 Å². The van der Waals surface area contributed by atoms with E-state index in [1.165, 1.54) is 0 Å². The van der Waals surface area contributed by atoms with Crippen LogP contribution in [0.3, 0.4) is 0 Å². The molecule has 2 N–H and O–H groups in total. The molecule has 2 rings (SSSR count). The second-order valence-electron chi connectivity index (χ2n) is 3.94. The zero-order valence-electron chi connectivity index (χ0n) is 10.8. The number of nitrogens with zero attached hydrogens (tertiary/aromatic N) is 3. The van der Waals surface area contributed by atoms with E-state index in [0.717, 1.165) is 35.1 Å². The molecule has 0 bridgehead atoms. The maximum Gasteiger partial charge on any atom is 0.156 e. The first-order chi connectivity index (χ1) is 8.74. The van der Waals surface area contributed by atoms with Crippen molar-refractivity contribution in [2.24, 2.45) is 0 Å². The number of aryl methyl sites for hydroxylation is 1. The molecule has 0 spiro atoms. The van der Waals surface area contributed by atoms with Gasteiger partial charge in [-0.1, -0.05) is 12.1 Å². The molecule has 2 aromatic rings. The fourth-order valence-electron chi connectivity index (χ4n) is 1.79. The molecule has 18 heavy (non-hydrogen) atoms. The summed E-state index contributed by atoms with van der Waals surface area (Å²) in [6.45, 7) is 4.53. The van der Waals surface area contributed by atoms with Gasteiger partial charge in [-0.25, -0.2) is 9.97 Å². The average Bonchev–Trinajstić information content (AvgIpc) is 2.81. The Bertz CT molecular complexity index is 523. The van der Waals surface area contributed by atoms with E-state index in [-0.39, 0.29) is 0 Å². The topological polar surface area (TPSA) is 75.9 Å². The van der Waals surface area contributed by atoms with Crippen molar-refractivity contribution in [1.82, 2.24) is 15.1 Å². The first-order valence-corrected chi connectivity index (χ1v) is 5.92. The molecule has 0 aliphatic carbocycles. The van der Waals surface area contributed by atoms with Gasteiger partial charge in [-0.2, -0.15) is 0 Å². The van der Waals surface area contributed by atoms with E-state index in [2.05, 4.69) is 32.7 Å². The Balaban J connectivity index is 2.13. The van der Waals surface area contributed by atoms with Crippen LogP contribution in [0.4, 0.5) is 11.6 Å². The van der Waals surface area contributed by atoms with Gasteiger partial charge in [0.15, 0.2) is 5.76 Å². The Labute approximate surface area is 106 Å². The number of nitrogens with one attached hydrogen (secondary N) is 2. The molecule has 0 aliphatic heterocycles. The van der Waals surface area contributed by atoms with Crippen molar-refractivity contribution in [2.45, 2.75) is 26.8 Å². The molecule has 6 heteroatoms. The Hall–Kier alpha value is -2.11. The molecule has 0 aromatic carbocycles. The number of aromatic nitrogens is 3. The van der Waals surface area contributed by atoms with Gasteiger partial charge in [0.1, 0.15) is 18.0 Å². The molecule has 0 saturated heterocycles. The fraction of sp³-hybridized carbons (Fsp3) is 0.417. The molecule has 0 atom stereocenters. The van der Waals surface area contributed by atoms with Crippen LogP contribution >= 0.6 is 0 Å². The van der Waals surface area contributed by atoms with Crippen LogP contribution in [0.15, 0.2) is 16.9 Å². The summed E-state index contributed by atoms with van der Waals surface area (Å²) in [6.07, 6.45) is 2.40. The minimum atomic E-state index is 0.563. The van der Waals surface area contributed by atoms with E-state index in [1.54, 1.807) is 6.33 Å². The van der Waals surface area contributed by atoms with Crippen LogP contribution < -0.4 is 10.6 Å². The molecule has 6 nitrogen and oxygen atoms in total. The standard InChI is InChI=1S/C12H17N5O/c1-4-10-11(13-3)15-7-16-12(10)14-6-9-5-8(2)17-18-9/h5,7H,4,6H2,1-3H3,(H2,13,14,15,16). The summed E-state index contributed by atoms with van der Waals surface area (Å²) in [4.78, 5) is 8.45. The van der Waals surface area contributed by atoms with Gasteiger partial charge >= 0.3 is 0 Å². The van der Waals surface area contributed by atoms with E-state index in [9.17, 15) is 0 Å². The van der Waals surface area contributed by atoms with Crippen LogP contribution in [0.1, 0.15) is 23.9 Å². The molecule has 2 aromatic heterocycles. The lowest BCUT2D eigenvalue weighted by Gasteiger charge is -2.11. The van der Waals surface area contributed by atoms with Crippen LogP contribution in [-0.2, 0) is 13.0 Å². The van der Waals surface area contributed by atoms with Crippen molar-refractivity contribution in [3.8, 4) is 0 Å². The predicted molar refractivity (Wildman–Crippen MR) is 69.5 cm³/mol. The summed E-state index contributed by atoms with van der Waals surface area (Å²) >= 11 is 0. The predicted octanol–water partition coefficient (Wildman–Crippen LogP) is 1.99. The first-order valence-electron chi connectivity index (χ1n) is 5.92. The van der Waals surface area contributed by atoms with Gasteiger partial charge in [-0.3, -0.25) is 0 Å².